The number of halogens is 4. The molecule has 0 atom stereocenters. The van der Waals surface area contributed by atoms with Gasteiger partial charge in [-0.05, 0) is 25.5 Å². The highest BCUT2D eigenvalue weighted by Gasteiger charge is 2.30. The van der Waals surface area contributed by atoms with E-state index >= 15 is 0 Å². The molecule has 24 heavy (non-hydrogen) atoms. The summed E-state index contributed by atoms with van der Waals surface area (Å²) < 4.78 is 38.1. The molecule has 1 heterocycles. The lowest BCUT2D eigenvalue weighted by molar-refractivity contribution is -0.137. The molecular weight excluding hydrogens is 363 g/mol. The maximum absolute atomic E-state index is 12.7. The minimum Gasteiger partial charge on any atom is -0.318 e. The summed E-state index contributed by atoms with van der Waals surface area (Å²) in [5, 5.41) is 2.96. The van der Waals surface area contributed by atoms with Crippen LogP contribution in [0.2, 0.25) is 0 Å². The average molecular weight is 380 g/mol. The van der Waals surface area contributed by atoms with Gasteiger partial charge in [-0.3, -0.25) is 4.79 Å². The van der Waals surface area contributed by atoms with Gasteiger partial charge in [-0.2, -0.15) is 13.2 Å². The number of hydrogen-bond acceptors (Lipinski definition) is 4. The second-order valence-corrected chi connectivity index (χ2v) is 6.80. The van der Waals surface area contributed by atoms with Crippen molar-refractivity contribution < 1.29 is 18.0 Å². The van der Waals surface area contributed by atoms with E-state index in [9.17, 15) is 18.0 Å². The van der Waals surface area contributed by atoms with E-state index in [0.29, 0.717) is 17.1 Å². The summed E-state index contributed by atoms with van der Waals surface area (Å²) in [6.45, 7) is 3.14. The maximum atomic E-state index is 12.7. The number of anilines is 1. The van der Waals surface area contributed by atoms with E-state index in [2.05, 4.69) is 10.3 Å². The van der Waals surface area contributed by atoms with Crippen LogP contribution in [-0.2, 0) is 17.4 Å². The molecule has 2 rings (SSSR count). The molecule has 0 spiro atoms. The summed E-state index contributed by atoms with van der Waals surface area (Å²) in [5.41, 5.74) is 4.48. The fourth-order valence-electron chi connectivity index (χ4n) is 1.76. The van der Waals surface area contributed by atoms with E-state index in [4.69, 9.17) is 5.73 Å². The lowest BCUT2D eigenvalue weighted by Crippen LogP contribution is -2.45. The summed E-state index contributed by atoms with van der Waals surface area (Å²) in [6, 6.07) is 5.14. The molecule has 0 saturated carbocycles. The predicted molar refractivity (Wildman–Crippen MR) is 90.5 cm³/mol. The third kappa shape index (κ3) is 5.47. The number of aromatic nitrogens is 1. The molecule has 0 aliphatic carbocycles. The molecular formula is C15H17ClF3N3OS. The van der Waals surface area contributed by atoms with Gasteiger partial charge >= 0.3 is 6.18 Å². The van der Waals surface area contributed by atoms with Crippen molar-refractivity contribution in [2.24, 2.45) is 5.73 Å². The lowest BCUT2D eigenvalue weighted by Gasteiger charge is -2.16. The Morgan fingerprint density at radius 3 is 2.58 bits per heavy atom. The molecule has 1 amide bonds. The average Bonchev–Trinajstić information content (AvgIpc) is 2.84. The number of carbonyl (C=O) groups excluding carboxylic acids is 1. The van der Waals surface area contributed by atoms with Crippen LogP contribution in [0.25, 0.3) is 0 Å². The van der Waals surface area contributed by atoms with E-state index in [1.807, 2.05) is 0 Å². The van der Waals surface area contributed by atoms with Crippen LogP contribution >= 0.6 is 23.7 Å². The monoisotopic (exact) mass is 379 g/mol. The Balaban J connectivity index is 0.00000288. The molecule has 3 N–H and O–H groups in total. The Hall–Kier alpha value is -1.64. The number of rotatable bonds is 4. The molecule has 0 aliphatic rings. The first-order valence-electron chi connectivity index (χ1n) is 6.77. The zero-order chi connectivity index (χ0) is 17.3. The minimum atomic E-state index is -4.37. The SMILES string of the molecule is CC(C)(N)C(=O)Nc1ncc(Cc2cccc(C(F)(F)F)c2)s1.Cl. The van der Waals surface area contributed by atoms with Gasteiger partial charge in [0.1, 0.15) is 0 Å². The molecule has 0 saturated heterocycles. The first-order valence-corrected chi connectivity index (χ1v) is 7.58. The molecule has 1 aromatic heterocycles. The van der Waals surface area contributed by atoms with Gasteiger partial charge in [0.15, 0.2) is 5.13 Å². The van der Waals surface area contributed by atoms with Gasteiger partial charge in [0.2, 0.25) is 5.91 Å². The van der Waals surface area contributed by atoms with Gasteiger partial charge in [0.05, 0.1) is 11.1 Å². The summed E-state index contributed by atoms with van der Waals surface area (Å²) in [4.78, 5) is 16.6. The van der Waals surface area contributed by atoms with Crippen molar-refractivity contribution >= 4 is 34.8 Å². The number of hydrogen-bond donors (Lipinski definition) is 2. The van der Waals surface area contributed by atoms with Crippen molar-refractivity contribution in [3.05, 3.63) is 46.5 Å². The number of nitrogens with one attached hydrogen (secondary N) is 1. The number of nitrogens with two attached hydrogens (primary N) is 1. The van der Waals surface area contributed by atoms with Crippen molar-refractivity contribution in [2.45, 2.75) is 32.0 Å². The highest BCUT2D eigenvalue weighted by atomic mass is 35.5. The smallest absolute Gasteiger partial charge is 0.318 e. The molecule has 0 fully saturated rings. The number of thiazole rings is 1. The number of benzene rings is 1. The molecule has 9 heteroatoms. The van der Waals surface area contributed by atoms with E-state index in [1.165, 1.54) is 23.6 Å². The standard InChI is InChI=1S/C15H16F3N3OS.ClH/c1-14(2,19)12(22)21-13-20-8-11(23-13)7-9-4-3-5-10(6-9)15(16,17)18;/h3-6,8H,7,19H2,1-2H3,(H,20,21,22);1H. The fraction of sp³-hybridized carbons (Fsp3) is 0.333. The van der Waals surface area contributed by atoms with Crippen molar-refractivity contribution in [3.8, 4) is 0 Å². The van der Waals surface area contributed by atoms with Crippen LogP contribution in [0.15, 0.2) is 30.5 Å². The number of nitrogens with zero attached hydrogens (tertiary/aromatic N) is 1. The predicted octanol–water partition coefficient (Wildman–Crippen LogP) is 3.85. The molecule has 0 radical (unpaired) electrons. The van der Waals surface area contributed by atoms with Crippen LogP contribution in [0.1, 0.15) is 29.9 Å². The van der Waals surface area contributed by atoms with Gasteiger partial charge in [-0.15, -0.1) is 23.7 Å². The fourth-order valence-corrected chi connectivity index (χ4v) is 2.61. The van der Waals surface area contributed by atoms with E-state index in [1.54, 1.807) is 19.9 Å². The van der Waals surface area contributed by atoms with Crippen LogP contribution in [-0.4, -0.2) is 16.4 Å². The second kappa shape index (κ2) is 7.50. The van der Waals surface area contributed by atoms with Crippen molar-refractivity contribution in [2.75, 3.05) is 5.32 Å². The summed E-state index contributed by atoms with van der Waals surface area (Å²) >= 11 is 1.21. The Morgan fingerprint density at radius 2 is 2.00 bits per heavy atom. The molecule has 0 bridgehead atoms. The summed E-state index contributed by atoms with van der Waals surface area (Å²) in [6.07, 6.45) is -2.52. The topological polar surface area (TPSA) is 68.0 Å². The first kappa shape index (κ1) is 20.4. The molecule has 0 aliphatic heterocycles. The van der Waals surface area contributed by atoms with Gasteiger partial charge in [-0.25, -0.2) is 4.98 Å². The van der Waals surface area contributed by atoms with Crippen LogP contribution in [0.4, 0.5) is 18.3 Å². The Bertz CT molecular complexity index is 710. The summed E-state index contributed by atoms with van der Waals surface area (Å²) in [7, 11) is 0. The van der Waals surface area contributed by atoms with Gasteiger partial charge < -0.3 is 11.1 Å². The second-order valence-electron chi connectivity index (χ2n) is 5.68. The van der Waals surface area contributed by atoms with Crippen molar-refractivity contribution in [1.82, 2.24) is 4.98 Å². The van der Waals surface area contributed by atoms with Crippen LogP contribution in [0.3, 0.4) is 0 Å². The molecule has 0 unspecified atom stereocenters. The number of carbonyl (C=O) groups is 1. The van der Waals surface area contributed by atoms with Gasteiger partial charge in [0, 0.05) is 17.5 Å². The third-order valence-electron chi connectivity index (χ3n) is 2.99. The zero-order valence-electron chi connectivity index (χ0n) is 13.0. The van der Waals surface area contributed by atoms with Crippen LogP contribution in [0, 0.1) is 0 Å². The Kier molecular flexibility index (Phi) is 6.38. The highest BCUT2D eigenvalue weighted by molar-refractivity contribution is 7.15. The lowest BCUT2D eigenvalue weighted by atomic mass is 10.1. The van der Waals surface area contributed by atoms with E-state index in [0.717, 1.165) is 17.0 Å². The van der Waals surface area contributed by atoms with E-state index < -0.39 is 17.3 Å². The Morgan fingerprint density at radius 1 is 1.33 bits per heavy atom. The van der Waals surface area contributed by atoms with Crippen LogP contribution in [0.5, 0.6) is 0 Å². The minimum absolute atomic E-state index is 0. The zero-order valence-corrected chi connectivity index (χ0v) is 14.6. The molecule has 4 nitrogen and oxygen atoms in total. The first-order chi connectivity index (χ1) is 10.6. The summed E-state index contributed by atoms with van der Waals surface area (Å²) in [5.74, 6) is -0.377. The number of amides is 1. The normalized spacial score (nSPS) is 11.8. The van der Waals surface area contributed by atoms with Gasteiger partial charge in [-0.1, -0.05) is 18.2 Å². The third-order valence-corrected chi connectivity index (χ3v) is 3.90. The molecule has 2 aromatic rings. The van der Waals surface area contributed by atoms with Crippen LogP contribution < -0.4 is 11.1 Å². The largest absolute Gasteiger partial charge is 0.416 e. The molecule has 1 aromatic carbocycles. The highest BCUT2D eigenvalue weighted by Crippen LogP contribution is 2.30. The van der Waals surface area contributed by atoms with Crippen molar-refractivity contribution in [3.63, 3.8) is 0 Å². The van der Waals surface area contributed by atoms with Crippen molar-refractivity contribution in [1.29, 1.82) is 0 Å². The number of alkyl halides is 3. The quantitative estimate of drug-likeness (QED) is 0.847. The molecule has 132 valence electrons. The Labute approximate surface area is 147 Å². The van der Waals surface area contributed by atoms with Gasteiger partial charge in [0.25, 0.3) is 0 Å². The van der Waals surface area contributed by atoms with E-state index in [-0.39, 0.29) is 18.3 Å². The maximum Gasteiger partial charge on any atom is 0.416 e.